The average molecular weight is 429 g/mol. The Labute approximate surface area is 181 Å². The van der Waals surface area contributed by atoms with Crippen molar-refractivity contribution < 1.29 is 18.7 Å². The average Bonchev–Trinajstić information content (AvgIpc) is 3.32. The molecule has 0 N–H and O–H groups in total. The standard InChI is InChI=1S/C23H29FN4O3/c1-30-14-20-12-28(26-25-20)21-8-17-10-27(23(29)16-3-2-4-19(24)7-16)11-18(17)9-22(21)31-13-15-5-6-15/h2-4,7,12,15,17-18,21-22H,5-6,8-11,13-14H2,1H3/t17-,18+,21-,22-/m1/s1. The van der Waals surface area contributed by atoms with E-state index in [1.54, 1.807) is 19.2 Å². The number of fused-ring (bicyclic) bond motifs is 1. The molecule has 2 aromatic rings. The van der Waals surface area contributed by atoms with Crippen LogP contribution in [0.4, 0.5) is 4.39 Å². The molecule has 1 aromatic heterocycles. The lowest BCUT2D eigenvalue weighted by molar-refractivity contribution is -0.0375. The summed E-state index contributed by atoms with van der Waals surface area (Å²) in [5, 5.41) is 8.59. The van der Waals surface area contributed by atoms with Gasteiger partial charge in [-0.15, -0.1) is 5.10 Å². The SMILES string of the molecule is COCc1cn([C@@H]2C[C@@H]3CN(C(=O)c4cccc(F)c4)C[C@@H]3C[C@H]2OCC2CC2)nn1. The van der Waals surface area contributed by atoms with Crippen LogP contribution in [-0.2, 0) is 16.1 Å². The molecule has 3 aliphatic rings. The van der Waals surface area contributed by atoms with Crippen molar-refractivity contribution in [1.29, 1.82) is 0 Å². The third-order valence-corrected chi connectivity index (χ3v) is 6.88. The number of ether oxygens (including phenoxy) is 2. The number of carbonyl (C=O) groups excluding carboxylic acids is 1. The Bertz CT molecular complexity index is 931. The second-order valence-electron chi connectivity index (χ2n) is 9.22. The van der Waals surface area contributed by atoms with Crippen LogP contribution >= 0.6 is 0 Å². The van der Waals surface area contributed by atoms with Gasteiger partial charge in [0.2, 0.25) is 0 Å². The number of hydrogen-bond donors (Lipinski definition) is 0. The maximum atomic E-state index is 13.6. The molecular formula is C23H29FN4O3. The number of hydrogen-bond acceptors (Lipinski definition) is 5. The first kappa shape index (κ1) is 20.6. The van der Waals surface area contributed by atoms with Crippen molar-refractivity contribution in [2.75, 3.05) is 26.8 Å². The van der Waals surface area contributed by atoms with E-state index in [0.29, 0.717) is 43.0 Å². The minimum absolute atomic E-state index is 0.0585. The van der Waals surface area contributed by atoms with Gasteiger partial charge in [-0.05, 0) is 61.6 Å². The number of halogens is 1. The van der Waals surface area contributed by atoms with E-state index in [1.807, 2.05) is 15.8 Å². The van der Waals surface area contributed by atoms with Crippen molar-refractivity contribution in [3.05, 3.63) is 47.5 Å². The topological polar surface area (TPSA) is 69.5 Å². The van der Waals surface area contributed by atoms with Crippen molar-refractivity contribution >= 4 is 5.91 Å². The number of methoxy groups -OCH3 is 1. The highest BCUT2D eigenvalue weighted by Crippen LogP contribution is 2.43. The molecule has 1 saturated heterocycles. The van der Waals surface area contributed by atoms with E-state index in [2.05, 4.69) is 10.3 Å². The molecule has 2 saturated carbocycles. The zero-order valence-corrected chi connectivity index (χ0v) is 17.8. The van der Waals surface area contributed by atoms with Crippen LogP contribution in [-0.4, -0.2) is 58.7 Å². The molecule has 166 valence electrons. The Balaban J connectivity index is 1.31. The predicted octanol–water partition coefficient (Wildman–Crippen LogP) is 3.08. The first-order chi connectivity index (χ1) is 15.1. The fourth-order valence-corrected chi connectivity index (χ4v) is 5.05. The first-order valence-electron chi connectivity index (χ1n) is 11.2. The first-order valence-corrected chi connectivity index (χ1v) is 11.2. The molecule has 0 unspecified atom stereocenters. The van der Waals surface area contributed by atoms with Crippen LogP contribution in [0.1, 0.15) is 47.8 Å². The van der Waals surface area contributed by atoms with Gasteiger partial charge in [0.15, 0.2) is 0 Å². The van der Waals surface area contributed by atoms with E-state index in [1.165, 1.54) is 25.0 Å². The summed E-state index contributed by atoms with van der Waals surface area (Å²) in [6.45, 7) is 2.61. The van der Waals surface area contributed by atoms with Crippen LogP contribution in [0.25, 0.3) is 0 Å². The molecule has 5 rings (SSSR count). The third kappa shape index (κ3) is 4.50. The molecule has 31 heavy (non-hydrogen) atoms. The van der Waals surface area contributed by atoms with E-state index in [0.717, 1.165) is 25.1 Å². The number of rotatable bonds is 7. The number of aromatic nitrogens is 3. The summed E-state index contributed by atoms with van der Waals surface area (Å²) in [6, 6.07) is 6.06. The molecule has 3 fully saturated rings. The highest BCUT2D eigenvalue weighted by atomic mass is 19.1. The number of amides is 1. The number of benzene rings is 1. The van der Waals surface area contributed by atoms with Crippen LogP contribution in [0, 0.1) is 23.6 Å². The summed E-state index contributed by atoms with van der Waals surface area (Å²) < 4.78 is 27.1. The number of likely N-dealkylation sites (tertiary alicyclic amines) is 1. The molecule has 8 heteroatoms. The molecule has 2 heterocycles. The van der Waals surface area contributed by atoms with Gasteiger partial charge in [0, 0.05) is 32.4 Å². The molecule has 0 spiro atoms. The van der Waals surface area contributed by atoms with E-state index in [4.69, 9.17) is 9.47 Å². The maximum absolute atomic E-state index is 13.6. The van der Waals surface area contributed by atoms with Crippen molar-refractivity contribution in [2.45, 2.75) is 44.4 Å². The van der Waals surface area contributed by atoms with Gasteiger partial charge in [0.1, 0.15) is 11.5 Å². The Morgan fingerprint density at radius 2 is 2.03 bits per heavy atom. The highest BCUT2D eigenvalue weighted by Gasteiger charge is 2.45. The van der Waals surface area contributed by atoms with Crippen molar-refractivity contribution in [3.8, 4) is 0 Å². The molecule has 2 aliphatic carbocycles. The van der Waals surface area contributed by atoms with E-state index in [9.17, 15) is 9.18 Å². The monoisotopic (exact) mass is 428 g/mol. The van der Waals surface area contributed by atoms with Crippen LogP contribution in [0.5, 0.6) is 0 Å². The predicted molar refractivity (Wildman–Crippen MR) is 111 cm³/mol. The molecule has 1 amide bonds. The van der Waals surface area contributed by atoms with Gasteiger partial charge in [-0.2, -0.15) is 0 Å². The molecule has 4 atom stereocenters. The zero-order valence-electron chi connectivity index (χ0n) is 17.8. The Hall–Kier alpha value is -2.32. The van der Waals surface area contributed by atoms with Gasteiger partial charge < -0.3 is 14.4 Å². The fraction of sp³-hybridized carbons (Fsp3) is 0.609. The molecule has 0 bridgehead atoms. The van der Waals surface area contributed by atoms with Gasteiger partial charge in [-0.25, -0.2) is 9.07 Å². The van der Waals surface area contributed by atoms with Gasteiger partial charge >= 0.3 is 0 Å². The third-order valence-electron chi connectivity index (χ3n) is 6.88. The van der Waals surface area contributed by atoms with Crippen LogP contribution in [0.15, 0.2) is 30.5 Å². The lowest BCUT2D eigenvalue weighted by atomic mass is 9.77. The Morgan fingerprint density at radius 1 is 1.23 bits per heavy atom. The number of carbonyl (C=O) groups is 1. The summed E-state index contributed by atoms with van der Waals surface area (Å²) in [4.78, 5) is 14.8. The highest BCUT2D eigenvalue weighted by molar-refractivity contribution is 5.94. The van der Waals surface area contributed by atoms with E-state index in [-0.39, 0.29) is 23.9 Å². The summed E-state index contributed by atoms with van der Waals surface area (Å²) in [7, 11) is 1.65. The summed E-state index contributed by atoms with van der Waals surface area (Å²) in [6.07, 6.45) is 6.30. The molecule has 1 aromatic carbocycles. The van der Waals surface area contributed by atoms with E-state index < -0.39 is 0 Å². The van der Waals surface area contributed by atoms with Crippen molar-refractivity contribution in [2.24, 2.45) is 17.8 Å². The summed E-state index contributed by atoms with van der Waals surface area (Å²) in [5.74, 6) is 0.976. The van der Waals surface area contributed by atoms with Gasteiger partial charge in [0.05, 0.1) is 24.9 Å². The van der Waals surface area contributed by atoms with E-state index >= 15 is 0 Å². The quantitative estimate of drug-likeness (QED) is 0.678. The van der Waals surface area contributed by atoms with Gasteiger partial charge in [-0.3, -0.25) is 4.79 Å². The van der Waals surface area contributed by atoms with Gasteiger partial charge in [-0.1, -0.05) is 11.3 Å². The van der Waals surface area contributed by atoms with Crippen LogP contribution in [0.2, 0.25) is 0 Å². The molecule has 0 radical (unpaired) electrons. The Kier molecular flexibility index (Phi) is 5.75. The lowest BCUT2D eigenvalue weighted by Gasteiger charge is -2.37. The van der Waals surface area contributed by atoms with Crippen LogP contribution in [0.3, 0.4) is 0 Å². The van der Waals surface area contributed by atoms with Crippen molar-refractivity contribution in [1.82, 2.24) is 19.9 Å². The smallest absolute Gasteiger partial charge is 0.253 e. The molecular weight excluding hydrogens is 399 g/mol. The molecule has 7 nitrogen and oxygen atoms in total. The fourth-order valence-electron chi connectivity index (χ4n) is 5.05. The largest absolute Gasteiger partial charge is 0.378 e. The second-order valence-corrected chi connectivity index (χ2v) is 9.22. The van der Waals surface area contributed by atoms with Gasteiger partial charge in [0.25, 0.3) is 5.91 Å². The summed E-state index contributed by atoms with van der Waals surface area (Å²) >= 11 is 0. The maximum Gasteiger partial charge on any atom is 0.253 e. The minimum atomic E-state index is -0.380. The lowest BCUT2D eigenvalue weighted by Crippen LogP contribution is -2.38. The second kappa shape index (κ2) is 8.67. The number of nitrogens with zero attached hydrogens (tertiary/aromatic N) is 4. The Morgan fingerprint density at radius 3 is 2.77 bits per heavy atom. The normalized spacial score (nSPS) is 28.0. The van der Waals surface area contributed by atoms with Crippen molar-refractivity contribution in [3.63, 3.8) is 0 Å². The summed E-state index contributed by atoms with van der Waals surface area (Å²) in [5.41, 5.74) is 1.22. The zero-order chi connectivity index (χ0) is 21.4. The molecule has 1 aliphatic heterocycles. The minimum Gasteiger partial charge on any atom is -0.378 e. The van der Waals surface area contributed by atoms with Crippen LogP contribution < -0.4 is 0 Å².